The molecule has 1 aromatic rings. The molecule has 5 nitrogen and oxygen atoms in total. The van der Waals surface area contributed by atoms with Gasteiger partial charge in [0.2, 0.25) is 0 Å². The van der Waals surface area contributed by atoms with Gasteiger partial charge >= 0.3 is 6.03 Å². The fourth-order valence-corrected chi connectivity index (χ4v) is 1.76. The third kappa shape index (κ3) is 4.74. The molecule has 112 valence electrons. The Hall–Kier alpha value is -1.75. The number of amides is 2. The highest BCUT2D eigenvalue weighted by Gasteiger charge is 2.22. The number of hydrogen-bond donors (Lipinski definition) is 3. The number of nitrogens with one attached hydrogen (secondary N) is 2. The zero-order valence-electron chi connectivity index (χ0n) is 12.7. The van der Waals surface area contributed by atoms with E-state index in [-0.39, 0.29) is 12.6 Å². The van der Waals surface area contributed by atoms with Gasteiger partial charge in [-0.2, -0.15) is 0 Å². The lowest BCUT2D eigenvalue weighted by Crippen LogP contribution is -2.43. The van der Waals surface area contributed by atoms with Crippen LogP contribution in [0, 0.1) is 0 Å². The number of aliphatic hydroxyl groups is 1. The van der Waals surface area contributed by atoms with Gasteiger partial charge in [-0.05, 0) is 37.1 Å². The summed E-state index contributed by atoms with van der Waals surface area (Å²) in [5.41, 5.74) is 0.971. The van der Waals surface area contributed by atoms with E-state index in [1.54, 1.807) is 0 Å². The summed E-state index contributed by atoms with van der Waals surface area (Å²) in [5.74, 6) is 0. The van der Waals surface area contributed by atoms with Crippen LogP contribution in [-0.4, -0.2) is 37.4 Å². The Kier molecular flexibility index (Phi) is 5.82. The molecule has 1 aromatic carbocycles. The molecule has 20 heavy (non-hydrogen) atoms. The van der Waals surface area contributed by atoms with Crippen molar-refractivity contribution < 1.29 is 9.90 Å². The van der Waals surface area contributed by atoms with E-state index in [9.17, 15) is 9.90 Å². The molecule has 0 aliphatic rings. The predicted molar refractivity (Wildman–Crippen MR) is 83.3 cm³/mol. The smallest absolute Gasteiger partial charge is 0.319 e. The molecule has 0 saturated heterocycles. The maximum Gasteiger partial charge on any atom is 0.319 e. The molecule has 0 aliphatic heterocycles. The van der Waals surface area contributed by atoms with Crippen LogP contribution >= 0.6 is 0 Å². The van der Waals surface area contributed by atoms with Gasteiger partial charge in [0, 0.05) is 32.0 Å². The van der Waals surface area contributed by atoms with Crippen LogP contribution in [0.1, 0.15) is 26.7 Å². The van der Waals surface area contributed by atoms with E-state index in [0.717, 1.165) is 11.4 Å². The van der Waals surface area contributed by atoms with Crippen molar-refractivity contribution in [2.75, 3.05) is 30.9 Å². The molecule has 5 heteroatoms. The SMILES string of the molecule is CCC(O)(CC)CNC(=O)Nc1ccc(N(C)C)cc1. The average molecular weight is 279 g/mol. The number of urea groups is 1. The van der Waals surface area contributed by atoms with Crippen molar-refractivity contribution in [1.29, 1.82) is 0 Å². The quantitative estimate of drug-likeness (QED) is 0.749. The maximum atomic E-state index is 11.8. The van der Waals surface area contributed by atoms with E-state index >= 15 is 0 Å². The fraction of sp³-hybridized carbons (Fsp3) is 0.533. The van der Waals surface area contributed by atoms with Crippen LogP contribution < -0.4 is 15.5 Å². The first-order chi connectivity index (χ1) is 9.40. The molecule has 3 N–H and O–H groups in total. The zero-order valence-corrected chi connectivity index (χ0v) is 12.7. The minimum Gasteiger partial charge on any atom is -0.388 e. The number of rotatable bonds is 6. The van der Waals surface area contributed by atoms with Crippen LogP contribution in [0.4, 0.5) is 16.2 Å². The Morgan fingerprint density at radius 1 is 1.20 bits per heavy atom. The molecule has 0 bridgehead atoms. The van der Waals surface area contributed by atoms with Crippen LogP contribution in [0.15, 0.2) is 24.3 Å². The molecule has 1 rings (SSSR count). The van der Waals surface area contributed by atoms with Crippen LogP contribution in [0.3, 0.4) is 0 Å². The summed E-state index contributed by atoms with van der Waals surface area (Å²) in [6, 6.07) is 7.26. The molecule has 0 aromatic heterocycles. The van der Waals surface area contributed by atoms with Gasteiger partial charge in [-0.3, -0.25) is 0 Å². The molecular weight excluding hydrogens is 254 g/mol. The molecule has 0 fully saturated rings. The van der Waals surface area contributed by atoms with E-state index < -0.39 is 5.60 Å². The molecule has 0 unspecified atom stereocenters. The minimum absolute atomic E-state index is 0.252. The van der Waals surface area contributed by atoms with Gasteiger partial charge in [0.25, 0.3) is 0 Å². The second kappa shape index (κ2) is 7.14. The number of benzene rings is 1. The molecule has 0 radical (unpaired) electrons. The molecule has 0 heterocycles. The Balaban J connectivity index is 2.50. The number of carbonyl (C=O) groups excluding carboxylic acids is 1. The first-order valence-corrected chi connectivity index (χ1v) is 6.95. The maximum absolute atomic E-state index is 11.8. The molecule has 0 atom stereocenters. The number of hydrogen-bond acceptors (Lipinski definition) is 3. The van der Waals surface area contributed by atoms with Gasteiger partial charge in [-0.15, -0.1) is 0 Å². The first-order valence-electron chi connectivity index (χ1n) is 6.95. The predicted octanol–water partition coefficient (Wildman–Crippen LogP) is 2.43. The minimum atomic E-state index is -0.827. The van der Waals surface area contributed by atoms with Crippen molar-refractivity contribution in [2.24, 2.45) is 0 Å². The van der Waals surface area contributed by atoms with Crippen molar-refractivity contribution in [3.63, 3.8) is 0 Å². The average Bonchev–Trinajstić information content (AvgIpc) is 2.45. The topological polar surface area (TPSA) is 64.6 Å². The third-order valence-corrected chi connectivity index (χ3v) is 3.54. The van der Waals surface area contributed by atoms with Gasteiger partial charge in [0.1, 0.15) is 0 Å². The second-order valence-corrected chi connectivity index (χ2v) is 5.18. The number of carbonyl (C=O) groups is 1. The zero-order chi connectivity index (χ0) is 15.2. The summed E-state index contributed by atoms with van der Waals surface area (Å²) >= 11 is 0. The Bertz CT molecular complexity index is 425. The van der Waals surface area contributed by atoms with Gasteiger partial charge in [-0.25, -0.2) is 4.79 Å². The van der Waals surface area contributed by atoms with Crippen molar-refractivity contribution in [2.45, 2.75) is 32.3 Å². The van der Waals surface area contributed by atoms with Crippen molar-refractivity contribution in [1.82, 2.24) is 5.32 Å². The van der Waals surface area contributed by atoms with Crippen LogP contribution in [-0.2, 0) is 0 Å². The van der Waals surface area contributed by atoms with E-state index in [4.69, 9.17) is 0 Å². The van der Waals surface area contributed by atoms with E-state index in [1.807, 2.05) is 57.1 Å². The molecule has 0 saturated carbocycles. The van der Waals surface area contributed by atoms with Gasteiger partial charge in [0.05, 0.1) is 5.60 Å². The summed E-state index contributed by atoms with van der Waals surface area (Å²) in [7, 11) is 3.93. The van der Waals surface area contributed by atoms with Crippen LogP contribution in [0.2, 0.25) is 0 Å². The highest BCUT2D eigenvalue weighted by atomic mass is 16.3. The lowest BCUT2D eigenvalue weighted by molar-refractivity contribution is 0.0354. The van der Waals surface area contributed by atoms with Crippen molar-refractivity contribution in [3.05, 3.63) is 24.3 Å². The largest absolute Gasteiger partial charge is 0.388 e. The van der Waals surface area contributed by atoms with Crippen LogP contribution in [0.25, 0.3) is 0 Å². The van der Waals surface area contributed by atoms with Gasteiger partial charge < -0.3 is 20.6 Å². The summed E-state index contributed by atoms with van der Waals surface area (Å²) in [6.45, 7) is 4.06. The van der Waals surface area contributed by atoms with Gasteiger partial charge in [0.15, 0.2) is 0 Å². The third-order valence-electron chi connectivity index (χ3n) is 3.54. The van der Waals surface area contributed by atoms with Crippen molar-refractivity contribution in [3.8, 4) is 0 Å². The number of nitrogens with zero attached hydrogens (tertiary/aromatic N) is 1. The van der Waals surface area contributed by atoms with Crippen LogP contribution in [0.5, 0.6) is 0 Å². The summed E-state index contributed by atoms with van der Waals surface area (Å²) in [5, 5.41) is 15.5. The van der Waals surface area contributed by atoms with Gasteiger partial charge in [-0.1, -0.05) is 13.8 Å². The highest BCUT2D eigenvalue weighted by molar-refractivity contribution is 5.89. The standard InChI is InChI=1S/C15H25N3O2/c1-5-15(20,6-2)11-16-14(19)17-12-7-9-13(10-8-12)18(3)4/h7-10,20H,5-6,11H2,1-4H3,(H2,16,17,19). The molecule has 0 spiro atoms. The molecular formula is C15H25N3O2. The lowest BCUT2D eigenvalue weighted by atomic mass is 9.98. The summed E-state index contributed by atoms with van der Waals surface area (Å²) < 4.78 is 0. The Morgan fingerprint density at radius 3 is 2.20 bits per heavy atom. The van der Waals surface area contributed by atoms with E-state index in [1.165, 1.54) is 0 Å². The first kappa shape index (κ1) is 16.3. The van der Waals surface area contributed by atoms with E-state index in [2.05, 4.69) is 10.6 Å². The second-order valence-electron chi connectivity index (χ2n) is 5.18. The summed E-state index contributed by atoms with van der Waals surface area (Å²) in [4.78, 5) is 13.8. The van der Waals surface area contributed by atoms with E-state index in [0.29, 0.717) is 12.8 Å². The highest BCUT2D eigenvalue weighted by Crippen LogP contribution is 2.16. The monoisotopic (exact) mass is 279 g/mol. The Morgan fingerprint density at radius 2 is 1.75 bits per heavy atom. The molecule has 0 aliphatic carbocycles. The Labute approximate surface area is 121 Å². The van der Waals surface area contributed by atoms with Crippen molar-refractivity contribution >= 4 is 17.4 Å². The number of anilines is 2. The summed E-state index contributed by atoms with van der Waals surface area (Å²) in [6.07, 6.45) is 1.22. The molecule has 2 amide bonds. The fourth-order valence-electron chi connectivity index (χ4n) is 1.76. The lowest BCUT2D eigenvalue weighted by Gasteiger charge is -2.25. The normalized spacial score (nSPS) is 11.1.